The summed E-state index contributed by atoms with van der Waals surface area (Å²) in [5.41, 5.74) is -0.0693. The van der Waals surface area contributed by atoms with E-state index in [1.807, 2.05) is 30.3 Å². The van der Waals surface area contributed by atoms with Crippen LogP contribution in [0.25, 0.3) is 0 Å². The second-order valence-electron chi connectivity index (χ2n) is 5.37. The Kier molecular flexibility index (Phi) is 2.73. The molecule has 1 amide bonds. The first-order valence-corrected chi connectivity index (χ1v) is 6.36. The van der Waals surface area contributed by atoms with Crippen molar-refractivity contribution in [2.45, 2.75) is 25.4 Å². The molecule has 5 heteroatoms. The fourth-order valence-corrected chi connectivity index (χ4v) is 2.66. The molecule has 0 radical (unpaired) electrons. The highest BCUT2D eigenvalue weighted by atomic mass is 19.3. The van der Waals surface area contributed by atoms with Gasteiger partial charge in [0.05, 0.1) is 5.41 Å². The number of amides is 1. The number of hydrogen-bond acceptors (Lipinski definition) is 2. The van der Waals surface area contributed by atoms with Crippen molar-refractivity contribution < 1.29 is 18.3 Å². The quantitative estimate of drug-likeness (QED) is 0.824. The van der Waals surface area contributed by atoms with Crippen LogP contribution in [0, 0.1) is 5.41 Å². The van der Waals surface area contributed by atoms with Crippen LogP contribution >= 0.6 is 0 Å². The zero-order valence-electron chi connectivity index (χ0n) is 10.4. The molecule has 1 unspecified atom stereocenters. The number of halogens is 2. The Hall–Kier alpha value is -1.65. The summed E-state index contributed by atoms with van der Waals surface area (Å²) in [6, 6.07) is 9.31. The Balaban J connectivity index is 1.52. The zero-order valence-corrected chi connectivity index (χ0v) is 10.4. The lowest BCUT2D eigenvalue weighted by atomic mass is 10.1. The molecule has 3 rings (SSSR count). The number of carbonyl (C=O) groups is 1. The number of ether oxygens (including phenoxy) is 1. The molecule has 19 heavy (non-hydrogen) atoms. The molecule has 1 atom stereocenters. The Labute approximate surface area is 110 Å². The molecule has 2 fully saturated rings. The maximum absolute atomic E-state index is 13.2. The topological polar surface area (TPSA) is 29.5 Å². The molecule has 1 heterocycles. The molecule has 1 aromatic rings. The average molecular weight is 267 g/mol. The lowest BCUT2D eigenvalue weighted by Gasteiger charge is -2.16. The van der Waals surface area contributed by atoms with Crippen LogP contribution in [-0.2, 0) is 11.3 Å². The van der Waals surface area contributed by atoms with Crippen molar-refractivity contribution in [1.82, 2.24) is 4.90 Å². The van der Waals surface area contributed by atoms with Crippen molar-refractivity contribution in [2.75, 3.05) is 13.1 Å². The molecule has 1 aliphatic carbocycles. The van der Waals surface area contributed by atoms with E-state index in [0.717, 1.165) is 5.56 Å². The second-order valence-corrected chi connectivity index (χ2v) is 5.37. The summed E-state index contributed by atoms with van der Waals surface area (Å²) in [6.07, 6.45) is -0.216. The molecule has 0 bridgehead atoms. The molecule has 1 aliphatic heterocycles. The normalized spacial score (nSPS) is 27.6. The van der Waals surface area contributed by atoms with Gasteiger partial charge in [-0.1, -0.05) is 30.3 Å². The van der Waals surface area contributed by atoms with Gasteiger partial charge < -0.3 is 9.64 Å². The van der Waals surface area contributed by atoms with Crippen LogP contribution < -0.4 is 0 Å². The van der Waals surface area contributed by atoms with Crippen LogP contribution in [0.3, 0.4) is 0 Å². The first kappa shape index (κ1) is 12.4. The lowest BCUT2D eigenvalue weighted by Crippen LogP contribution is -2.30. The summed E-state index contributed by atoms with van der Waals surface area (Å²) < 4.78 is 31.5. The smallest absolute Gasteiger partial charge is 0.410 e. The highest BCUT2D eigenvalue weighted by Crippen LogP contribution is 2.65. The lowest BCUT2D eigenvalue weighted by molar-refractivity contribution is 0.0630. The first-order valence-electron chi connectivity index (χ1n) is 6.36. The van der Waals surface area contributed by atoms with Crippen LogP contribution in [0.15, 0.2) is 30.3 Å². The van der Waals surface area contributed by atoms with Crippen LogP contribution in [0.1, 0.15) is 18.4 Å². The molecule has 3 nitrogen and oxygen atoms in total. The van der Waals surface area contributed by atoms with Gasteiger partial charge in [-0.2, -0.15) is 0 Å². The molecule has 1 saturated heterocycles. The van der Waals surface area contributed by atoms with Crippen LogP contribution in [0.2, 0.25) is 0 Å². The van der Waals surface area contributed by atoms with Gasteiger partial charge in [0.2, 0.25) is 0 Å². The third kappa shape index (κ3) is 2.17. The summed E-state index contributed by atoms with van der Waals surface area (Å²) in [4.78, 5) is 13.2. The van der Waals surface area contributed by atoms with E-state index >= 15 is 0 Å². The fourth-order valence-electron chi connectivity index (χ4n) is 2.66. The van der Waals surface area contributed by atoms with Gasteiger partial charge in [-0.15, -0.1) is 0 Å². The van der Waals surface area contributed by atoms with Crippen molar-refractivity contribution in [3.05, 3.63) is 35.9 Å². The van der Waals surface area contributed by atoms with Gasteiger partial charge in [0.1, 0.15) is 6.61 Å². The third-order valence-corrected chi connectivity index (χ3v) is 4.03. The van der Waals surface area contributed by atoms with Crippen LogP contribution in [0.4, 0.5) is 13.6 Å². The molecular weight excluding hydrogens is 252 g/mol. The molecule has 102 valence electrons. The van der Waals surface area contributed by atoms with Gasteiger partial charge in [-0.05, 0) is 12.0 Å². The van der Waals surface area contributed by atoms with E-state index in [1.165, 1.54) is 4.90 Å². The number of alkyl halides is 2. The minimum absolute atomic E-state index is 0.0948. The third-order valence-electron chi connectivity index (χ3n) is 4.03. The summed E-state index contributed by atoms with van der Waals surface area (Å²) >= 11 is 0. The van der Waals surface area contributed by atoms with E-state index in [0.29, 0.717) is 13.0 Å². The van der Waals surface area contributed by atoms with E-state index in [2.05, 4.69) is 0 Å². The zero-order chi connectivity index (χ0) is 13.5. The van der Waals surface area contributed by atoms with Crippen molar-refractivity contribution >= 4 is 6.09 Å². The molecule has 1 aromatic carbocycles. The molecule has 1 spiro atoms. The van der Waals surface area contributed by atoms with Crippen molar-refractivity contribution in [3.63, 3.8) is 0 Å². The number of benzene rings is 1. The Morgan fingerprint density at radius 2 is 2.00 bits per heavy atom. The predicted octanol–water partition coefficient (Wildman–Crippen LogP) is 3.05. The highest BCUT2D eigenvalue weighted by Gasteiger charge is 2.73. The predicted molar refractivity (Wildman–Crippen MR) is 64.8 cm³/mol. The largest absolute Gasteiger partial charge is 0.445 e. The first-order chi connectivity index (χ1) is 9.02. The fraction of sp³-hybridized carbons (Fsp3) is 0.500. The molecule has 1 saturated carbocycles. The SMILES string of the molecule is O=C(OCc1ccccc1)N1CCC2(C1)CC2(F)F. The van der Waals surface area contributed by atoms with Crippen molar-refractivity contribution in [1.29, 1.82) is 0 Å². The number of nitrogens with zero attached hydrogens (tertiary/aromatic N) is 1. The Bertz CT molecular complexity index is 491. The maximum atomic E-state index is 13.2. The number of hydrogen-bond donors (Lipinski definition) is 0. The van der Waals surface area contributed by atoms with Gasteiger partial charge in [0.15, 0.2) is 0 Å². The van der Waals surface area contributed by atoms with E-state index in [4.69, 9.17) is 4.74 Å². The van der Waals surface area contributed by atoms with E-state index in [1.54, 1.807) is 0 Å². The highest BCUT2D eigenvalue weighted by molar-refractivity contribution is 5.68. The monoisotopic (exact) mass is 267 g/mol. The molecule has 2 aliphatic rings. The Morgan fingerprint density at radius 1 is 1.32 bits per heavy atom. The van der Waals surface area contributed by atoms with Gasteiger partial charge in [0, 0.05) is 19.5 Å². The standard InChI is InChI=1S/C14H15F2NO2/c15-14(16)9-13(14)6-7-17(10-13)12(18)19-8-11-4-2-1-3-5-11/h1-5H,6-10H2. The molecule has 0 N–H and O–H groups in total. The minimum Gasteiger partial charge on any atom is -0.445 e. The summed E-state index contributed by atoms with van der Waals surface area (Å²) in [5.74, 6) is -2.60. The van der Waals surface area contributed by atoms with Crippen LogP contribution in [-0.4, -0.2) is 30.0 Å². The van der Waals surface area contributed by atoms with Crippen molar-refractivity contribution in [2.24, 2.45) is 5.41 Å². The van der Waals surface area contributed by atoms with E-state index in [-0.39, 0.29) is 19.6 Å². The molecular formula is C14H15F2NO2. The van der Waals surface area contributed by atoms with Crippen molar-refractivity contribution in [3.8, 4) is 0 Å². The minimum atomic E-state index is -2.60. The summed E-state index contributed by atoms with van der Waals surface area (Å²) in [7, 11) is 0. The summed E-state index contributed by atoms with van der Waals surface area (Å²) in [5, 5.41) is 0. The average Bonchev–Trinajstić information content (AvgIpc) is 2.75. The second kappa shape index (κ2) is 4.18. The van der Waals surface area contributed by atoms with Gasteiger partial charge in [0.25, 0.3) is 5.92 Å². The number of carbonyl (C=O) groups excluding carboxylic acids is 1. The summed E-state index contributed by atoms with van der Waals surface area (Å²) in [6.45, 7) is 0.663. The van der Waals surface area contributed by atoms with E-state index < -0.39 is 17.4 Å². The van der Waals surface area contributed by atoms with E-state index in [9.17, 15) is 13.6 Å². The van der Waals surface area contributed by atoms with Gasteiger partial charge in [-0.25, -0.2) is 13.6 Å². The van der Waals surface area contributed by atoms with Gasteiger partial charge >= 0.3 is 6.09 Å². The molecule has 0 aromatic heterocycles. The maximum Gasteiger partial charge on any atom is 0.410 e. The number of likely N-dealkylation sites (tertiary alicyclic amines) is 1. The number of rotatable bonds is 2. The van der Waals surface area contributed by atoms with Gasteiger partial charge in [-0.3, -0.25) is 0 Å². The Morgan fingerprint density at radius 3 is 2.58 bits per heavy atom. The van der Waals surface area contributed by atoms with Crippen LogP contribution in [0.5, 0.6) is 0 Å².